The first-order valence-corrected chi connectivity index (χ1v) is 11.2. The summed E-state index contributed by atoms with van der Waals surface area (Å²) in [6.45, 7) is 4.33. The van der Waals surface area contributed by atoms with Crippen LogP contribution in [0.2, 0.25) is 0 Å². The van der Waals surface area contributed by atoms with Gasteiger partial charge in [0.2, 0.25) is 0 Å². The van der Waals surface area contributed by atoms with Crippen LogP contribution in [0.5, 0.6) is 5.75 Å². The van der Waals surface area contributed by atoms with E-state index in [9.17, 15) is 26.4 Å². The Morgan fingerprint density at radius 1 is 1.10 bits per heavy atom. The van der Waals surface area contributed by atoms with Gasteiger partial charge < -0.3 is 9.64 Å². The Bertz CT molecular complexity index is 1080. The third-order valence-electron chi connectivity index (χ3n) is 4.72. The smallest absolute Gasteiger partial charge is 0.416 e. The fraction of sp³-hybridized carbons (Fsp3) is 0.381. The van der Waals surface area contributed by atoms with Crippen molar-refractivity contribution in [2.45, 2.75) is 38.0 Å². The molecule has 1 heterocycles. The van der Waals surface area contributed by atoms with Crippen molar-refractivity contribution in [2.24, 2.45) is 5.92 Å². The van der Waals surface area contributed by atoms with E-state index in [0.29, 0.717) is 17.7 Å². The van der Waals surface area contributed by atoms with Crippen LogP contribution >= 0.6 is 0 Å². The van der Waals surface area contributed by atoms with Gasteiger partial charge in [-0.25, -0.2) is 8.42 Å². The van der Waals surface area contributed by atoms with Crippen molar-refractivity contribution in [3.63, 3.8) is 0 Å². The SMILES string of the molecule is CC(C)COc1ccc(S(C)(=O)=O)cc1C(=O)N1Cc2ccc(C(F)(F)F)cc2C1. The molecule has 1 amide bonds. The van der Waals surface area contributed by atoms with Crippen molar-refractivity contribution < 1.29 is 31.1 Å². The largest absolute Gasteiger partial charge is 0.492 e. The number of halogens is 3. The second kappa shape index (κ2) is 7.94. The Morgan fingerprint density at radius 3 is 2.37 bits per heavy atom. The molecule has 162 valence electrons. The Hall–Kier alpha value is -2.55. The van der Waals surface area contributed by atoms with Crippen LogP contribution in [0.15, 0.2) is 41.3 Å². The summed E-state index contributed by atoms with van der Waals surface area (Å²) < 4.78 is 68.5. The molecule has 2 aromatic rings. The van der Waals surface area contributed by atoms with Gasteiger partial charge in [-0.2, -0.15) is 13.2 Å². The summed E-state index contributed by atoms with van der Waals surface area (Å²) in [7, 11) is -3.56. The summed E-state index contributed by atoms with van der Waals surface area (Å²) >= 11 is 0. The predicted molar refractivity (Wildman–Crippen MR) is 105 cm³/mol. The van der Waals surface area contributed by atoms with Crippen LogP contribution in [0.3, 0.4) is 0 Å². The van der Waals surface area contributed by atoms with E-state index >= 15 is 0 Å². The third-order valence-corrected chi connectivity index (χ3v) is 5.84. The molecule has 9 heteroatoms. The topological polar surface area (TPSA) is 63.7 Å². The first-order chi connectivity index (χ1) is 13.9. The summed E-state index contributed by atoms with van der Waals surface area (Å²) in [4.78, 5) is 14.5. The van der Waals surface area contributed by atoms with E-state index in [1.807, 2.05) is 13.8 Å². The molecule has 0 saturated carbocycles. The summed E-state index contributed by atoms with van der Waals surface area (Å²) in [5, 5.41) is 0. The standard InChI is InChI=1S/C21H22F3NO4S/c1-13(2)12-29-19-7-6-17(30(3,27)28)9-18(19)20(26)25-10-14-4-5-16(21(22,23)24)8-15(14)11-25/h4-9,13H,10-12H2,1-3H3. The summed E-state index contributed by atoms with van der Waals surface area (Å²) in [5.74, 6) is -0.0728. The Kier molecular flexibility index (Phi) is 5.86. The zero-order valence-electron chi connectivity index (χ0n) is 16.8. The monoisotopic (exact) mass is 441 g/mol. The molecule has 0 bridgehead atoms. The number of carbonyl (C=O) groups excluding carboxylic acids is 1. The maximum Gasteiger partial charge on any atom is 0.416 e. The van der Waals surface area contributed by atoms with Crippen molar-refractivity contribution in [3.05, 3.63) is 58.7 Å². The number of hydrogen-bond acceptors (Lipinski definition) is 4. The predicted octanol–water partition coefficient (Wildman–Crippen LogP) is 4.30. The number of sulfone groups is 1. The summed E-state index contributed by atoms with van der Waals surface area (Å²) in [6.07, 6.45) is -3.43. The Balaban J connectivity index is 1.93. The maximum atomic E-state index is 13.2. The van der Waals surface area contributed by atoms with Crippen molar-refractivity contribution in [3.8, 4) is 5.75 Å². The second-order valence-electron chi connectivity index (χ2n) is 7.78. The van der Waals surface area contributed by atoms with Gasteiger partial charge >= 0.3 is 6.18 Å². The van der Waals surface area contributed by atoms with Gasteiger partial charge in [0.25, 0.3) is 5.91 Å². The van der Waals surface area contributed by atoms with Crippen molar-refractivity contribution in [2.75, 3.05) is 12.9 Å². The molecule has 0 unspecified atom stereocenters. The van der Waals surface area contributed by atoms with E-state index in [0.717, 1.165) is 18.4 Å². The van der Waals surface area contributed by atoms with Crippen LogP contribution in [0.1, 0.15) is 40.9 Å². The fourth-order valence-corrected chi connectivity index (χ4v) is 3.82. The van der Waals surface area contributed by atoms with Gasteiger partial charge in [-0.05, 0) is 47.4 Å². The summed E-state index contributed by atoms with van der Waals surface area (Å²) in [6, 6.07) is 7.49. The number of nitrogens with zero attached hydrogens (tertiary/aromatic N) is 1. The third kappa shape index (κ3) is 4.77. The number of hydrogen-bond donors (Lipinski definition) is 0. The molecule has 30 heavy (non-hydrogen) atoms. The molecular weight excluding hydrogens is 419 g/mol. The van der Waals surface area contributed by atoms with E-state index in [1.165, 1.54) is 29.2 Å². The van der Waals surface area contributed by atoms with Gasteiger partial charge in [-0.1, -0.05) is 19.9 Å². The highest BCUT2D eigenvalue weighted by atomic mass is 32.2. The molecule has 5 nitrogen and oxygen atoms in total. The Morgan fingerprint density at radius 2 is 1.77 bits per heavy atom. The number of rotatable bonds is 5. The van der Waals surface area contributed by atoms with E-state index < -0.39 is 27.5 Å². The van der Waals surface area contributed by atoms with E-state index in [2.05, 4.69) is 0 Å². The highest BCUT2D eigenvalue weighted by Gasteiger charge is 2.33. The van der Waals surface area contributed by atoms with Gasteiger partial charge in [0.1, 0.15) is 5.75 Å². The highest BCUT2D eigenvalue weighted by molar-refractivity contribution is 7.90. The number of alkyl halides is 3. The number of benzene rings is 2. The molecular formula is C21H22F3NO4S. The molecule has 1 aliphatic heterocycles. The minimum absolute atomic E-state index is 0.00477. The van der Waals surface area contributed by atoms with Crippen molar-refractivity contribution in [1.82, 2.24) is 4.90 Å². The molecule has 0 saturated heterocycles. The molecule has 0 fully saturated rings. The molecule has 0 atom stereocenters. The van der Waals surface area contributed by atoms with Crippen LogP contribution in [0, 0.1) is 5.92 Å². The van der Waals surface area contributed by atoms with E-state index in [4.69, 9.17) is 4.74 Å². The van der Waals surface area contributed by atoms with Crippen molar-refractivity contribution >= 4 is 15.7 Å². The van der Waals surface area contributed by atoms with E-state index in [-0.39, 0.29) is 35.2 Å². The molecule has 0 aromatic heterocycles. The quantitative estimate of drug-likeness (QED) is 0.694. The zero-order valence-corrected chi connectivity index (χ0v) is 17.6. The lowest BCUT2D eigenvalue weighted by Crippen LogP contribution is -2.26. The van der Waals surface area contributed by atoms with Gasteiger partial charge in [0, 0.05) is 19.3 Å². The molecule has 0 radical (unpaired) electrons. The highest BCUT2D eigenvalue weighted by Crippen LogP contribution is 2.34. The van der Waals surface area contributed by atoms with Gasteiger partial charge in [0.05, 0.1) is 22.6 Å². The average Bonchev–Trinajstić information content (AvgIpc) is 3.07. The lowest BCUT2D eigenvalue weighted by atomic mass is 10.1. The van der Waals surface area contributed by atoms with Crippen LogP contribution in [0.25, 0.3) is 0 Å². The maximum absolute atomic E-state index is 13.2. The van der Waals surface area contributed by atoms with Gasteiger partial charge in [-0.15, -0.1) is 0 Å². The lowest BCUT2D eigenvalue weighted by Gasteiger charge is -2.19. The van der Waals surface area contributed by atoms with Crippen LogP contribution in [-0.4, -0.2) is 32.1 Å². The average molecular weight is 441 g/mol. The molecule has 0 spiro atoms. The number of ether oxygens (including phenoxy) is 1. The first kappa shape index (κ1) is 22.1. The lowest BCUT2D eigenvalue weighted by molar-refractivity contribution is -0.137. The van der Waals surface area contributed by atoms with E-state index in [1.54, 1.807) is 0 Å². The van der Waals surface area contributed by atoms with Gasteiger partial charge in [0.15, 0.2) is 9.84 Å². The fourth-order valence-electron chi connectivity index (χ4n) is 3.17. The zero-order chi connectivity index (χ0) is 22.3. The Labute approximate surface area is 173 Å². The second-order valence-corrected chi connectivity index (χ2v) is 9.79. The minimum atomic E-state index is -4.46. The van der Waals surface area contributed by atoms with Gasteiger partial charge in [-0.3, -0.25) is 4.79 Å². The number of carbonyl (C=O) groups is 1. The molecule has 2 aromatic carbocycles. The molecule has 1 aliphatic rings. The number of fused-ring (bicyclic) bond motifs is 1. The molecule has 0 N–H and O–H groups in total. The number of amides is 1. The summed E-state index contributed by atoms with van der Waals surface area (Å²) in [5.41, 5.74) is 0.348. The van der Waals surface area contributed by atoms with Crippen LogP contribution < -0.4 is 4.74 Å². The normalized spacial score (nSPS) is 14.2. The molecule has 3 rings (SSSR count). The first-order valence-electron chi connectivity index (χ1n) is 9.31. The van der Waals surface area contributed by atoms with Crippen LogP contribution in [0.4, 0.5) is 13.2 Å². The van der Waals surface area contributed by atoms with Crippen molar-refractivity contribution in [1.29, 1.82) is 0 Å². The van der Waals surface area contributed by atoms with Crippen LogP contribution in [-0.2, 0) is 29.1 Å². The molecule has 0 aliphatic carbocycles. The minimum Gasteiger partial charge on any atom is -0.492 e.